The number of hydrogen-bond donors (Lipinski definition) is 0. The predicted molar refractivity (Wildman–Crippen MR) is 62.9 cm³/mol. The number of nitrogens with zero attached hydrogens (tertiary/aromatic N) is 1. The zero-order chi connectivity index (χ0) is 10.7. The van der Waals surface area contributed by atoms with E-state index >= 15 is 0 Å². The second-order valence-corrected chi connectivity index (χ2v) is 2.60. The molecule has 0 aromatic carbocycles. The van der Waals surface area contributed by atoms with Crippen LogP contribution < -0.4 is 0 Å². The molecule has 0 amide bonds. The molecule has 1 nitrogen and oxygen atoms in total. The maximum absolute atomic E-state index is 3.99. The van der Waals surface area contributed by atoms with Gasteiger partial charge in [-0.25, -0.2) is 0 Å². The molecular formula is C12H27N. The molecule has 0 unspecified atom stereocenters. The number of hydrogen-bond acceptors (Lipinski definition) is 1. The third-order valence-electron chi connectivity index (χ3n) is 1.97. The van der Waals surface area contributed by atoms with Gasteiger partial charge in [-0.15, -0.1) is 0 Å². The van der Waals surface area contributed by atoms with Crippen molar-refractivity contribution in [2.75, 3.05) is 13.1 Å². The summed E-state index contributed by atoms with van der Waals surface area (Å²) < 4.78 is 0. The van der Waals surface area contributed by atoms with Crippen LogP contribution in [0.15, 0.2) is 12.3 Å². The average molecular weight is 185 g/mol. The van der Waals surface area contributed by atoms with E-state index in [0.717, 1.165) is 6.54 Å². The first-order valence-electron chi connectivity index (χ1n) is 5.77. The predicted octanol–water partition coefficient (Wildman–Crippen LogP) is 4.06. The Balaban J connectivity index is 0. The fraction of sp³-hybridized carbons (Fsp3) is 0.833. The van der Waals surface area contributed by atoms with Crippen LogP contribution in [-0.2, 0) is 0 Å². The van der Waals surface area contributed by atoms with E-state index in [4.69, 9.17) is 0 Å². The summed E-state index contributed by atoms with van der Waals surface area (Å²) >= 11 is 0. The Morgan fingerprint density at radius 3 is 2.00 bits per heavy atom. The van der Waals surface area contributed by atoms with Crippen LogP contribution in [0, 0.1) is 0 Å². The molecule has 1 saturated heterocycles. The molecule has 1 heteroatoms. The molecular weight excluding hydrogens is 158 g/mol. The molecule has 1 rings (SSSR count). The summed E-state index contributed by atoms with van der Waals surface area (Å²) in [6, 6.07) is 0. The molecule has 1 aliphatic heterocycles. The van der Waals surface area contributed by atoms with Gasteiger partial charge in [0.1, 0.15) is 0 Å². The van der Waals surface area contributed by atoms with Crippen LogP contribution in [0.3, 0.4) is 0 Å². The molecule has 0 aromatic heterocycles. The van der Waals surface area contributed by atoms with E-state index in [2.05, 4.69) is 18.4 Å². The van der Waals surface area contributed by atoms with E-state index in [0.29, 0.717) is 0 Å². The van der Waals surface area contributed by atoms with Gasteiger partial charge >= 0.3 is 0 Å². The van der Waals surface area contributed by atoms with Gasteiger partial charge in [-0.2, -0.15) is 0 Å². The summed E-state index contributed by atoms with van der Waals surface area (Å²) in [4.78, 5) is 2.36. The zero-order valence-electron chi connectivity index (χ0n) is 10.2. The minimum atomic E-state index is 1.14. The van der Waals surface area contributed by atoms with Gasteiger partial charge in [0.15, 0.2) is 0 Å². The Morgan fingerprint density at radius 1 is 1.15 bits per heavy atom. The van der Waals surface area contributed by atoms with Crippen molar-refractivity contribution in [3.63, 3.8) is 0 Å². The Labute approximate surface area is 84.8 Å². The maximum atomic E-state index is 3.99. The van der Waals surface area contributed by atoms with Crippen molar-refractivity contribution in [2.45, 2.75) is 53.9 Å². The zero-order valence-corrected chi connectivity index (χ0v) is 10.2. The quantitative estimate of drug-likeness (QED) is 0.595. The minimum absolute atomic E-state index is 1.14. The highest BCUT2D eigenvalue weighted by Crippen LogP contribution is 2.17. The fourth-order valence-corrected chi connectivity index (χ4v) is 1.33. The molecule has 0 radical (unpaired) electrons. The van der Waals surface area contributed by atoms with E-state index in [1.54, 1.807) is 0 Å². The average Bonchev–Trinajstić information content (AvgIpc) is 2.24. The molecule has 80 valence electrons. The lowest BCUT2D eigenvalue weighted by Crippen LogP contribution is -2.26. The second kappa shape index (κ2) is 11.5. The van der Waals surface area contributed by atoms with E-state index < -0.39 is 0 Å². The lowest BCUT2D eigenvalue weighted by atomic mass is 10.1. The number of rotatable bonds is 1. The van der Waals surface area contributed by atoms with Gasteiger partial charge in [0.25, 0.3) is 0 Å². The van der Waals surface area contributed by atoms with Gasteiger partial charge in [0, 0.05) is 18.8 Å². The van der Waals surface area contributed by atoms with Crippen LogP contribution in [0.25, 0.3) is 0 Å². The number of allylic oxidation sites excluding steroid dienone is 1. The first-order valence-corrected chi connectivity index (χ1v) is 5.77. The normalized spacial score (nSPS) is 15.2. The van der Waals surface area contributed by atoms with Crippen LogP contribution >= 0.6 is 0 Å². The highest BCUT2D eigenvalue weighted by molar-refractivity contribution is 4.96. The highest BCUT2D eigenvalue weighted by atomic mass is 15.1. The molecule has 0 atom stereocenters. The number of likely N-dealkylation sites (tertiary alicyclic amines) is 1. The van der Waals surface area contributed by atoms with Crippen molar-refractivity contribution in [2.24, 2.45) is 0 Å². The first-order chi connectivity index (χ1) is 6.34. The first kappa shape index (κ1) is 15.0. The molecule has 1 heterocycles. The van der Waals surface area contributed by atoms with Crippen LogP contribution in [0.2, 0.25) is 0 Å². The van der Waals surface area contributed by atoms with Gasteiger partial charge in [0.05, 0.1) is 0 Å². The minimum Gasteiger partial charge on any atom is -0.376 e. The molecule has 1 fully saturated rings. The Hall–Kier alpha value is -0.460. The van der Waals surface area contributed by atoms with Crippen molar-refractivity contribution >= 4 is 0 Å². The van der Waals surface area contributed by atoms with Crippen LogP contribution in [0.4, 0.5) is 0 Å². The molecule has 0 aromatic rings. The standard InChI is InChI=1S/C8H15N.2C2H6/c1-3-9-7-5-4-6-8(9)2;2*1-2/h2-7H2,1H3;2*1-2H3. The highest BCUT2D eigenvalue weighted by Gasteiger charge is 2.09. The van der Waals surface area contributed by atoms with Gasteiger partial charge in [-0.05, 0) is 26.2 Å². The van der Waals surface area contributed by atoms with Crippen molar-refractivity contribution in [1.29, 1.82) is 0 Å². The lowest BCUT2D eigenvalue weighted by Gasteiger charge is -2.29. The van der Waals surface area contributed by atoms with E-state index in [9.17, 15) is 0 Å². The smallest absolute Gasteiger partial charge is 0.0174 e. The van der Waals surface area contributed by atoms with Crippen LogP contribution in [0.1, 0.15) is 53.9 Å². The summed E-state index contributed by atoms with van der Waals surface area (Å²) in [5, 5.41) is 0. The Morgan fingerprint density at radius 2 is 1.69 bits per heavy atom. The summed E-state index contributed by atoms with van der Waals surface area (Å²) in [5.41, 5.74) is 1.34. The summed E-state index contributed by atoms with van der Waals surface area (Å²) in [6.07, 6.45) is 3.91. The van der Waals surface area contributed by atoms with Crippen molar-refractivity contribution < 1.29 is 0 Å². The second-order valence-electron chi connectivity index (χ2n) is 2.60. The van der Waals surface area contributed by atoms with Gasteiger partial charge in [-0.3, -0.25) is 0 Å². The topological polar surface area (TPSA) is 3.24 Å². The summed E-state index contributed by atoms with van der Waals surface area (Å²) in [5.74, 6) is 0. The van der Waals surface area contributed by atoms with E-state index in [-0.39, 0.29) is 0 Å². The molecule has 0 bridgehead atoms. The molecule has 0 aliphatic carbocycles. The largest absolute Gasteiger partial charge is 0.376 e. The van der Waals surface area contributed by atoms with Crippen LogP contribution in [-0.4, -0.2) is 18.0 Å². The maximum Gasteiger partial charge on any atom is 0.0174 e. The molecule has 0 N–H and O–H groups in total. The summed E-state index contributed by atoms with van der Waals surface area (Å²) in [7, 11) is 0. The number of piperidine rings is 1. The van der Waals surface area contributed by atoms with Gasteiger partial charge in [0.2, 0.25) is 0 Å². The van der Waals surface area contributed by atoms with Crippen LogP contribution in [0.5, 0.6) is 0 Å². The van der Waals surface area contributed by atoms with Crippen molar-refractivity contribution in [1.82, 2.24) is 4.90 Å². The molecule has 0 saturated carbocycles. The van der Waals surface area contributed by atoms with E-state index in [1.807, 2.05) is 27.7 Å². The molecule has 1 aliphatic rings. The van der Waals surface area contributed by atoms with Gasteiger partial charge in [-0.1, -0.05) is 34.3 Å². The Bertz CT molecular complexity index is 108. The molecule has 0 spiro atoms. The fourth-order valence-electron chi connectivity index (χ4n) is 1.33. The third kappa shape index (κ3) is 6.68. The third-order valence-corrected chi connectivity index (χ3v) is 1.97. The van der Waals surface area contributed by atoms with Gasteiger partial charge < -0.3 is 4.90 Å². The lowest BCUT2D eigenvalue weighted by molar-refractivity contribution is 0.305. The SMILES string of the molecule is C=C1CCCCN1CC.CC.CC. The molecule has 13 heavy (non-hydrogen) atoms. The monoisotopic (exact) mass is 185 g/mol. The Kier molecular flexibility index (Phi) is 13.3. The van der Waals surface area contributed by atoms with E-state index in [1.165, 1.54) is 31.5 Å². The van der Waals surface area contributed by atoms with Crippen molar-refractivity contribution in [3.05, 3.63) is 12.3 Å². The van der Waals surface area contributed by atoms with Crippen molar-refractivity contribution in [3.8, 4) is 0 Å². The summed E-state index contributed by atoms with van der Waals surface area (Å²) in [6.45, 7) is 16.6.